The van der Waals surface area contributed by atoms with Crippen LogP contribution in [0.15, 0.2) is 35.1 Å². The highest BCUT2D eigenvalue weighted by Gasteiger charge is 2.18. The first-order valence-corrected chi connectivity index (χ1v) is 8.00. The number of methoxy groups -OCH3 is 1. The lowest BCUT2D eigenvalue weighted by Crippen LogP contribution is -2.18. The van der Waals surface area contributed by atoms with Gasteiger partial charge in [-0.3, -0.25) is 4.57 Å². The Morgan fingerprint density at radius 2 is 2.04 bits per heavy atom. The molecule has 9 nitrogen and oxygen atoms in total. The lowest BCUT2D eigenvalue weighted by atomic mass is 10.2. The summed E-state index contributed by atoms with van der Waals surface area (Å²) >= 11 is 0. The molecule has 3 aromatic rings. The third kappa shape index (κ3) is 2.73. The van der Waals surface area contributed by atoms with Gasteiger partial charge in [0.05, 0.1) is 13.7 Å². The predicted molar refractivity (Wildman–Crippen MR) is 94.8 cm³/mol. The van der Waals surface area contributed by atoms with Crippen molar-refractivity contribution in [1.29, 1.82) is 0 Å². The maximum absolute atomic E-state index is 12.4. The number of benzene rings is 1. The summed E-state index contributed by atoms with van der Waals surface area (Å²) in [5, 5.41) is 0. The number of hydrogen-bond acceptors (Lipinski definition) is 7. The Hall–Kier alpha value is -3.49. The monoisotopic (exact) mass is 355 g/mol. The smallest absolute Gasteiger partial charge is 0.328 e. The van der Waals surface area contributed by atoms with E-state index in [0.717, 1.165) is 5.56 Å². The summed E-state index contributed by atoms with van der Waals surface area (Å²) in [6, 6.07) is 5.63. The molecule has 0 aliphatic carbocycles. The number of nitrogens with one attached hydrogen (secondary N) is 1. The van der Waals surface area contributed by atoms with Gasteiger partial charge in [-0.2, -0.15) is 9.97 Å². The molecule has 26 heavy (non-hydrogen) atoms. The van der Waals surface area contributed by atoms with E-state index < -0.39 is 0 Å². The van der Waals surface area contributed by atoms with Crippen LogP contribution in [0.3, 0.4) is 0 Å². The van der Waals surface area contributed by atoms with E-state index in [9.17, 15) is 4.79 Å². The summed E-state index contributed by atoms with van der Waals surface area (Å²) in [4.78, 5) is 23.5. The number of fused-ring (bicyclic) bond motifs is 3. The quantitative estimate of drug-likeness (QED) is 0.627. The van der Waals surface area contributed by atoms with E-state index in [1.54, 1.807) is 13.2 Å². The Morgan fingerprint density at radius 1 is 1.23 bits per heavy atom. The molecule has 0 radical (unpaired) electrons. The van der Waals surface area contributed by atoms with Crippen LogP contribution in [0.25, 0.3) is 11.2 Å². The molecule has 0 unspecified atom stereocenters. The molecule has 1 aliphatic heterocycles. The molecule has 4 bridgehead atoms. The van der Waals surface area contributed by atoms with E-state index in [1.807, 2.05) is 24.3 Å². The highest BCUT2D eigenvalue weighted by molar-refractivity contribution is 5.82. The normalized spacial score (nSPS) is 13.9. The van der Waals surface area contributed by atoms with E-state index in [4.69, 9.17) is 19.9 Å². The average molecular weight is 355 g/mol. The minimum Gasteiger partial charge on any atom is -0.493 e. The molecule has 3 heterocycles. The molecule has 9 heteroatoms. The van der Waals surface area contributed by atoms with Gasteiger partial charge < -0.3 is 24.9 Å². The Kier molecular flexibility index (Phi) is 3.96. The van der Waals surface area contributed by atoms with Crippen LogP contribution in [0, 0.1) is 0 Å². The fourth-order valence-corrected chi connectivity index (χ4v) is 2.84. The molecule has 0 saturated heterocycles. The van der Waals surface area contributed by atoms with Crippen LogP contribution >= 0.6 is 0 Å². The van der Waals surface area contributed by atoms with Crippen molar-refractivity contribution < 1.29 is 14.2 Å². The fourth-order valence-electron chi connectivity index (χ4n) is 2.84. The maximum atomic E-state index is 12.4. The van der Waals surface area contributed by atoms with Gasteiger partial charge in [0.15, 0.2) is 23.0 Å². The van der Waals surface area contributed by atoms with Crippen LogP contribution < -0.4 is 25.6 Å². The molecule has 0 atom stereocenters. The van der Waals surface area contributed by atoms with Gasteiger partial charge in [-0.25, -0.2) is 4.79 Å². The fraction of sp³-hybridized carbons (Fsp3) is 0.235. The summed E-state index contributed by atoms with van der Waals surface area (Å²) in [6.07, 6.45) is 3.61. The largest absolute Gasteiger partial charge is 0.493 e. The van der Waals surface area contributed by atoms with E-state index in [1.165, 1.54) is 4.57 Å². The average Bonchev–Trinajstić information content (AvgIpc) is 2.94. The number of aromatic amines is 1. The number of nitrogens with zero attached hydrogens (tertiary/aromatic N) is 3. The number of anilines is 1. The highest BCUT2D eigenvalue weighted by Crippen LogP contribution is 2.32. The first-order valence-electron chi connectivity index (χ1n) is 8.00. The number of nitrogen functional groups attached to an aromatic ring is 1. The number of hydrogen-bond donors (Lipinski definition) is 2. The zero-order valence-corrected chi connectivity index (χ0v) is 14.1. The van der Waals surface area contributed by atoms with Crippen molar-refractivity contribution in [1.82, 2.24) is 19.5 Å². The van der Waals surface area contributed by atoms with Crippen molar-refractivity contribution in [3.63, 3.8) is 0 Å². The molecule has 4 rings (SSSR count). The van der Waals surface area contributed by atoms with Crippen molar-refractivity contribution in [2.75, 3.05) is 26.1 Å². The minimum atomic E-state index is -0.349. The van der Waals surface area contributed by atoms with Gasteiger partial charge in [0.2, 0.25) is 0 Å². The molecule has 0 spiro atoms. The van der Waals surface area contributed by atoms with Gasteiger partial charge in [-0.15, -0.1) is 0 Å². The maximum Gasteiger partial charge on any atom is 0.328 e. The third-order valence-corrected chi connectivity index (χ3v) is 4.03. The van der Waals surface area contributed by atoms with Crippen molar-refractivity contribution in [3.8, 4) is 17.5 Å². The second kappa shape index (κ2) is 6.43. The topological polar surface area (TPSA) is 117 Å². The molecule has 0 saturated carbocycles. The molecule has 1 aromatic carbocycles. The van der Waals surface area contributed by atoms with Gasteiger partial charge in [-0.1, -0.05) is 12.1 Å². The summed E-state index contributed by atoms with van der Waals surface area (Å²) in [7, 11) is 1.56. The SMILES string of the molecule is COc1c2cccc1OCC=CCOc1nc(N)c3[nH]c(=O)n(c3n1)C2. The number of H-pyrrole nitrogens is 1. The first-order chi connectivity index (χ1) is 12.7. The van der Waals surface area contributed by atoms with Crippen LogP contribution in [0.2, 0.25) is 0 Å². The zero-order valence-electron chi connectivity index (χ0n) is 14.1. The minimum absolute atomic E-state index is 0.103. The van der Waals surface area contributed by atoms with Crippen molar-refractivity contribution in [2.45, 2.75) is 6.54 Å². The van der Waals surface area contributed by atoms with Gasteiger partial charge in [0.1, 0.15) is 18.7 Å². The van der Waals surface area contributed by atoms with E-state index in [2.05, 4.69) is 15.0 Å². The molecule has 0 amide bonds. The van der Waals surface area contributed by atoms with Crippen LogP contribution in [0.5, 0.6) is 17.5 Å². The number of nitrogens with two attached hydrogens (primary N) is 1. The number of ether oxygens (including phenoxy) is 3. The number of aromatic nitrogens is 4. The van der Waals surface area contributed by atoms with Gasteiger partial charge in [0, 0.05) is 5.56 Å². The highest BCUT2D eigenvalue weighted by atomic mass is 16.5. The Labute approximate surface area is 148 Å². The summed E-state index contributed by atoms with van der Waals surface area (Å²) in [5.41, 5.74) is 7.11. The lowest BCUT2D eigenvalue weighted by molar-refractivity contribution is 0.317. The molecule has 2 aromatic heterocycles. The van der Waals surface area contributed by atoms with E-state index in [0.29, 0.717) is 29.3 Å². The van der Waals surface area contributed by atoms with Crippen LogP contribution in [-0.2, 0) is 6.54 Å². The van der Waals surface area contributed by atoms with Crippen LogP contribution in [-0.4, -0.2) is 39.8 Å². The first kappa shape index (κ1) is 16.0. The van der Waals surface area contributed by atoms with Gasteiger partial charge >= 0.3 is 11.7 Å². The molecular weight excluding hydrogens is 338 g/mol. The van der Waals surface area contributed by atoms with E-state index in [-0.39, 0.29) is 30.7 Å². The Bertz CT molecular complexity index is 1050. The molecule has 134 valence electrons. The summed E-state index contributed by atoms with van der Waals surface area (Å²) < 4.78 is 18.2. The molecule has 3 N–H and O–H groups in total. The van der Waals surface area contributed by atoms with Crippen molar-refractivity contribution in [2.24, 2.45) is 0 Å². The standard InChI is InChI=1S/C17H17N5O4/c1-24-13-10-5-4-6-11(13)25-7-2-3-8-26-16-20-14(18)12-15(21-16)22(9-10)17(23)19-12/h2-6H,7-9H2,1H3,(H,19,23)(H2,18,20,21). The predicted octanol–water partition coefficient (Wildman–Crippen LogP) is 1.09. The van der Waals surface area contributed by atoms with Crippen molar-refractivity contribution >= 4 is 17.0 Å². The summed E-state index contributed by atoms with van der Waals surface area (Å²) in [6.45, 7) is 0.825. The van der Waals surface area contributed by atoms with Gasteiger partial charge in [-0.05, 0) is 18.2 Å². The Morgan fingerprint density at radius 3 is 2.85 bits per heavy atom. The van der Waals surface area contributed by atoms with Crippen LogP contribution in [0.4, 0.5) is 5.82 Å². The van der Waals surface area contributed by atoms with Gasteiger partial charge in [0.25, 0.3) is 0 Å². The summed E-state index contributed by atoms with van der Waals surface area (Å²) in [5.74, 6) is 1.31. The molecule has 0 fully saturated rings. The lowest BCUT2D eigenvalue weighted by Gasteiger charge is -2.14. The Balaban J connectivity index is 1.93. The number of imidazole rings is 1. The van der Waals surface area contributed by atoms with E-state index >= 15 is 0 Å². The number of para-hydroxylation sites is 1. The second-order valence-corrected chi connectivity index (χ2v) is 5.65. The van der Waals surface area contributed by atoms with Crippen molar-refractivity contribution in [3.05, 3.63) is 46.4 Å². The second-order valence-electron chi connectivity index (χ2n) is 5.65. The molecule has 1 aliphatic rings. The molecular formula is C17H17N5O4. The zero-order chi connectivity index (χ0) is 18.1. The third-order valence-electron chi connectivity index (χ3n) is 4.03. The number of rotatable bonds is 1. The van der Waals surface area contributed by atoms with Crippen LogP contribution in [0.1, 0.15) is 5.56 Å².